The van der Waals surface area contributed by atoms with E-state index in [9.17, 15) is 4.79 Å². The fourth-order valence-corrected chi connectivity index (χ4v) is 3.62. The quantitative estimate of drug-likeness (QED) is 0.379. The van der Waals surface area contributed by atoms with Gasteiger partial charge in [-0.25, -0.2) is 4.68 Å². The summed E-state index contributed by atoms with van der Waals surface area (Å²) in [6.45, 7) is 0. The van der Waals surface area contributed by atoms with Crippen molar-refractivity contribution in [2.24, 2.45) is 0 Å². The van der Waals surface area contributed by atoms with Crippen LogP contribution in [0, 0.1) is 0 Å². The third kappa shape index (κ3) is 3.32. The van der Waals surface area contributed by atoms with Gasteiger partial charge in [-0.3, -0.25) is 4.79 Å². The van der Waals surface area contributed by atoms with E-state index in [1.807, 2.05) is 48.5 Å². The molecular formula is C22H17ClN6O3. The van der Waals surface area contributed by atoms with E-state index in [2.05, 4.69) is 20.4 Å². The van der Waals surface area contributed by atoms with E-state index in [1.54, 1.807) is 22.5 Å². The largest absolute Gasteiger partial charge is 0.497 e. The first kappa shape index (κ1) is 20.0. The van der Waals surface area contributed by atoms with Crippen LogP contribution in [0.1, 0.15) is 5.69 Å². The number of carbonyl (C=O) groups is 1. The van der Waals surface area contributed by atoms with Gasteiger partial charge in [0.1, 0.15) is 11.4 Å². The number of carbonyl (C=O) groups excluding carboxylic acids is 1. The standard InChI is InChI=1S/C22H17ClN6O3/c1-31-16-9-7-15(8-10-16)28-22-20(18(27-28)11-19(30)32-2)25-26-21-17(12-24-29(21)22)13-3-5-14(23)6-4-13/h3-10,12H,11H2,1-2H3. The van der Waals surface area contributed by atoms with Crippen LogP contribution >= 0.6 is 11.6 Å². The molecule has 0 fully saturated rings. The summed E-state index contributed by atoms with van der Waals surface area (Å²) in [5.74, 6) is 0.296. The molecule has 5 aromatic rings. The van der Waals surface area contributed by atoms with Gasteiger partial charge < -0.3 is 9.47 Å². The van der Waals surface area contributed by atoms with Gasteiger partial charge in [-0.2, -0.15) is 14.7 Å². The topological polar surface area (TPSA) is 96.4 Å². The SMILES string of the molecule is COC(=O)Cc1nn(-c2ccc(OC)cc2)c2c1nnc1c(-c3ccc(Cl)cc3)cnn12. The Hall–Kier alpha value is -3.98. The molecule has 0 aliphatic rings. The van der Waals surface area contributed by atoms with Gasteiger partial charge in [0.05, 0.1) is 32.5 Å². The van der Waals surface area contributed by atoms with Gasteiger partial charge in [0, 0.05) is 10.6 Å². The second-order valence-corrected chi connectivity index (χ2v) is 7.42. The summed E-state index contributed by atoms with van der Waals surface area (Å²) in [6, 6.07) is 14.8. The number of hydrogen-bond acceptors (Lipinski definition) is 7. The highest BCUT2D eigenvalue weighted by atomic mass is 35.5. The summed E-state index contributed by atoms with van der Waals surface area (Å²) in [5, 5.41) is 18.6. The third-order valence-electron chi connectivity index (χ3n) is 5.11. The Labute approximate surface area is 187 Å². The highest BCUT2D eigenvalue weighted by Crippen LogP contribution is 2.28. The van der Waals surface area contributed by atoms with E-state index in [4.69, 9.17) is 21.1 Å². The number of esters is 1. The minimum absolute atomic E-state index is 0.0400. The van der Waals surface area contributed by atoms with Gasteiger partial charge in [-0.15, -0.1) is 10.2 Å². The number of hydrogen-bond donors (Lipinski definition) is 0. The van der Waals surface area contributed by atoms with E-state index >= 15 is 0 Å². The fourth-order valence-electron chi connectivity index (χ4n) is 3.49. The smallest absolute Gasteiger partial charge is 0.311 e. The molecule has 0 amide bonds. The molecule has 3 heterocycles. The molecule has 0 saturated carbocycles. The molecule has 160 valence electrons. The molecule has 0 bridgehead atoms. The van der Waals surface area contributed by atoms with Gasteiger partial charge in [-0.05, 0) is 42.0 Å². The maximum Gasteiger partial charge on any atom is 0.311 e. The number of methoxy groups -OCH3 is 2. The van der Waals surface area contributed by atoms with Crippen molar-refractivity contribution in [1.82, 2.24) is 29.6 Å². The number of halogens is 1. The molecule has 9 nitrogen and oxygen atoms in total. The number of aromatic nitrogens is 6. The van der Waals surface area contributed by atoms with E-state index in [0.717, 1.165) is 16.8 Å². The molecule has 0 spiro atoms. The van der Waals surface area contributed by atoms with Crippen LogP contribution in [0.2, 0.25) is 5.02 Å². The van der Waals surface area contributed by atoms with Crippen LogP contribution in [-0.4, -0.2) is 49.8 Å². The van der Waals surface area contributed by atoms with Crippen LogP contribution in [0.4, 0.5) is 0 Å². The second kappa shape index (κ2) is 7.93. The normalized spacial score (nSPS) is 11.2. The maximum absolute atomic E-state index is 12.0. The molecule has 0 saturated heterocycles. The van der Waals surface area contributed by atoms with Crippen molar-refractivity contribution >= 4 is 34.4 Å². The number of rotatable bonds is 5. The second-order valence-electron chi connectivity index (χ2n) is 6.98. The first-order chi connectivity index (χ1) is 15.6. The summed E-state index contributed by atoms with van der Waals surface area (Å²) in [7, 11) is 2.94. The van der Waals surface area contributed by atoms with Crippen LogP contribution in [0.25, 0.3) is 33.6 Å². The summed E-state index contributed by atoms with van der Waals surface area (Å²) in [4.78, 5) is 12.0. The Kier molecular flexibility index (Phi) is 4.95. The Morgan fingerprint density at radius 3 is 2.47 bits per heavy atom. The van der Waals surface area contributed by atoms with Gasteiger partial charge in [-0.1, -0.05) is 23.7 Å². The Balaban J connectivity index is 1.75. The predicted molar refractivity (Wildman–Crippen MR) is 118 cm³/mol. The molecule has 0 atom stereocenters. The van der Waals surface area contributed by atoms with Crippen LogP contribution in [0.15, 0.2) is 54.7 Å². The highest BCUT2D eigenvalue weighted by Gasteiger charge is 2.22. The first-order valence-electron chi connectivity index (χ1n) is 9.68. The average Bonchev–Trinajstić information content (AvgIpc) is 3.41. The van der Waals surface area contributed by atoms with E-state index < -0.39 is 5.97 Å². The summed E-state index contributed by atoms with van der Waals surface area (Å²) in [6.07, 6.45) is 1.68. The van der Waals surface area contributed by atoms with Gasteiger partial charge in [0.25, 0.3) is 0 Å². The lowest BCUT2D eigenvalue weighted by atomic mass is 10.1. The molecule has 2 aromatic carbocycles. The van der Waals surface area contributed by atoms with Gasteiger partial charge in [0.2, 0.25) is 0 Å². The van der Waals surface area contributed by atoms with Crippen LogP contribution in [0.3, 0.4) is 0 Å². The summed E-state index contributed by atoms with van der Waals surface area (Å²) >= 11 is 6.03. The van der Waals surface area contributed by atoms with Crippen molar-refractivity contribution in [2.45, 2.75) is 6.42 Å². The average molecular weight is 449 g/mol. The maximum atomic E-state index is 12.0. The molecule has 5 rings (SSSR count). The zero-order valence-corrected chi connectivity index (χ0v) is 17.9. The fraction of sp³-hybridized carbons (Fsp3) is 0.136. The molecule has 0 aliphatic carbocycles. The van der Waals surface area contributed by atoms with Crippen LogP contribution in [0.5, 0.6) is 5.75 Å². The zero-order chi connectivity index (χ0) is 22.2. The van der Waals surface area contributed by atoms with Crippen molar-refractivity contribution in [3.05, 3.63) is 65.4 Å². The van der Waals surface area contributed by atoms with Gasteiger partial charge in [0.15, 0.2) is 16.8 Å². The number of benzene rings is 2. The van der Waals surface area contributed by atoms with Crippen molar-refractivity contribution in [3.8, 4) is 22.6 Å². The predicted octanol–water partition coefficient (Wildman–Crippen LogP) is 3.51. The molecule has 0 unspecified atom stereocenters. The lowest BCUT2D eigenvalue weighted by Crippen LogP contribution is -2.06. The number of fused-ring (bicyclic) bond motifs is 3. The monoisotopic (exact) mass is 448 g/mol. The lowest BCUT2D eigenvalue weighted by Gasteiger charge is -2.06. The molecule has 0 N–H and O–H groups in total. The van der Waals surface area contributed by atoms with E-state index in [-0.39, 0.29) is 6.42 Å². The third-order valence-corrected chi connectivity index (χ3v) is 5.36. The minimum atomic E-state index is -0.421. The van der Waals surface area contributed by atoms with Gasteiger partial charge >= 0.3 is 5.97 Å². The van der Waals surface area contributed by atoms with E-state index in [0.29, 0.717) is 33.3 Å². The summed E-state index contributed by atoms with van der Waals surface area (Å²) < 4.78 is 13.4. The number of ether oxygens (including phenoxy) is 2. The molecule has 10 heteroatoms. The summed E-state index contributed by atoms with van der Waals surface area (Å²) in [5.41, 5.74) is 4.50. The van der Waals surface area contributed by atoms with Crippen molar-refractivity contribution in [1.29, 1.82) is 0 Å². The molecule has 0 aliphatic heterocycles. The minimum Gasteiger partial charge on any atom is -0.497 e. The van der Waals surface area contributed by atoms with Crippen molar-refractivity contribution in [2.75, 3.05) is 14.2 Å². The molecular weight excluding hydrogens is 432 g/mol. The Bertz CT molecular complexity index is 1440. The van der Waals surface area contributed by atoms with Crippen molar-refractivity contribution in [3.63, 3.8) is 0 Å². The zero-order valence-electron chi connectivity index (χ0n) is 17.2. The Morgan fingerprint density at radius 1 is 1.03 bits per heavy atom. The van der Waals surface area contributed by atoms with Crippen molar-refractivity contribution < 1.29 is 14.3 Å². The first-order valence-corrected chi connectivity index (χ1v) is 10.1. The molecule has 32 heavy (non-hydrogen) atoms. The highest BCUT2D eigenvalue weighted by molar-refractivity contribution is 6.30. The lowest BCUT2D eigenvalue weighted by molar-refractivity contribution is -0.139. The molecule has 3 aromatic heterocycles. The Morgan fingerprint density at radius 2 is 1.78 bits per heavy atom. The van der Waals surface area contributed by atoms with Crippen LogP contribution < -0.4 is 4.74 Å². The van der Waals surface area contributed by atoms with Crippen LogP contribution in [-0.2, 0) is 16.0 Å². The number of nitrogens with zero attached hydrogens (tertiary/aromatic N) is 6. The molecule has 0 radical (unpaired) electrons. The van der Waals surface area contributed by atoms with E-state index in [1.165, 1.54) is 7.11 Å².